The molecule has 1 heterocycles. The van der Waals surface area contributed by atoms with E-state index in [0.717, 1.165) is 0 Å². The third-order valence-electron chi connectivity index (χ3n) is 9.06. The number of thiophene rings is 1. The molecule has 210 valence electrons. The molecule has 9 aromatic rings. The fourth-order valence-electron chi connectivity index (χ4n) is 6.82. The first-order chi connectivity index (χ1) is 22.3. The molecule has 45 heavy (non-hydrogen) atoms. The van der Waals surface area contributed by atoms with Crippen LogP contribution in [-0.2, 0) is 0 Å². The number of fused-ring (bicyclic) bond motifs is 6. The maximum atomic E-state index is 2.39. The molecule has 1 aromatic heterocycles. The Hall–Kier alpha value is -5.50. The summed E-state index contributed by atoms with van der Waals surface area (Å²) in [6, 6.07) is 62.2. The summed E-state index contributed by atoms with van der Waals surface area (Å²) in [4.78, 5) is 0. The van der Waals surface area contributed by atoms with Crippen LogP contribution in [0.3, 0.4) is 0 Å². The summed E-state index contributed by atoms with van der Waals surface area (Å²) < 4.78 is 2.65. The van der Waals surface area contributed by atoms with Crippen LogP contribution in [0.2, 0.25) is 0 Å². The lowest BCUT2D eigenvalue weighted by Crippen LogP contribution is -1.86. The second-order valence-corrected chi connectivity index (χ2v) is 12.8. The third kappa shape index (κ3) is 4.44. The lowest BCUT2D eigenvalue weighted by Gasteiger charge is -2.13. The Morgan fingerprint density at radius 2 is 0.844 bits per heavy atom. The monoisotopic (exact) mass is 588 g/mol. The Bertz CT molecular complexity index is 2500. The van der Waals surface area contributed by atoms with Gasteiger partial charge in [-0.2, -0.15) is 0 Å². The van der Waals surface area contributed by atoms with Gasteiger partial charge >= 0.3 is 0 Å². The van der Waals surface area contributed by atoms with Gasteiger partial charge in [-0.3, -0.25) is 0 Å². The highest BCUT2D eigenvalue weighted by molar-refractivity contribution is 7.26. The van der Waals surface area contributed by atoms with E-state index in [1.807, 2.05) is 11.3 Å². The van der Waals surface area contributed by atoms with Crippen molar-refractivity contribution >= 4 is 53.1 Å². The first-order valence-corrected chi connectivity index (χ1v) is 16.2. The minimum atomic E-state index is 1.23. The van der Waals surface area contributed by atoms with E-state index >= 15 is 0 Å². The number of hydrogen-bond acceptors (Lipinski definition) is 1. The van der Waals surface area contributed by atoms with Gasteiger partial charge in [0.2, 0.25) is 0 Å². The summed E-state index contributed by atoms with van der Waals surface area (Å²) in [6.07, 6.45) is 0. The Morgan fingerprint density at radius 3 is 1.58 bits per heavy atom. The van der Waals surface area contributed by atoms with Crippen molar-refractivity contribution in [3.8, 4) is 44.5 Å². The zero-order chi connectivity index (χ0) is 29.7. The lowest BCUT2D eigenvalue weighted by atomic mass is 9.91. The van der Waals surface area contributed by atoms with Crippen molar-refractivity contribution in [2.45, 2.75) is 0 Å². The maximum absolute atomic E-state index is 2.39. The molecule has 0 spiro atoms. The van der Waals surface area contributed by atoms with E-state index in [4.69, 9.17) is 0 Å². The first-order valence-electron chi connectivity index (χ1n) is 15.4. The highest BCUT2D eigenvalue weighted by Gasteiger charge is 2.15. The van der Waals surface area contributed by atoms with Gasteiger partial charge in [0.05, 0.1) is 0 Å². The van der Waals surface area contributed by atoms with Crippen molar-refractivity contribution < 1.29 is 0 Å². The molecule has 9 rings (SSSR count). The van der Waals surface area contributed by atoms with Gasteiger partial charge in [-0.25, -0.2) is 0 Å². The molecule has 0 nitrogen and oxygen atoms in total. The molecule has 0 unspecified atom stereocenters. The van der Waals surface area contributed by atoms with Crippen LogP contribution in [0.25, 0.3) is 86.2 Å². The highest BCUT2D eigenvalue weighted by Crippen LogP contribution is 2.44. The molecule has 0 N–H and O–H groups in total. The molecule has 1 heteroatoms. The summed E-state index contributed by atoms with van der Waals surface area (Å²) in [6.45, 7) is 0. The SMILES string of the molecule is c1ccc(-c2ccc3sc4c(-c5ccc(-c6cc7ccccc7c7ccccc67)cc5)cc(-c5ccccc5)cc4c3c2)cc1. The van der Waals surface area contributed by atoms with Crippen LogP contribution in [-0.4, -0.2) is 0 Å². The van der Waals surface area contributed by atoms with Gasteiger partial charge in [-0.1, -0.05) is 140 Å². The van der Waals surface area contributed by atoms with Crippen LogP contribution < -0.4 is 0 Å². The molecule has 0 radical (unpaired) electrons. The largest absolute Gasteiger partial charge is 0.135 e. The van der Waals surface area contributed by atoms with Gasteiger partial charge in [-0.15, -0.1) is 11.3 Å². The zero-order valence-corrected chi connectivity index (χ0v) is 25.4. The summed E-state index contributed by atoms with van der Waals surface area (Å²) in [5, 5.41) is 7.79. The third-order valence-corrected chi connectivity index (χ3v) is 10.3. The maximum Gasteiger partial charge on any atom is 0.0434 e. The van der Waals surface area contributed by atoms with Crippen LogP contribution in [0.1, 0.15) is 0 Å². The first kappa shape index (κ1) is 25.9. The van der Waals surface area contributed by atoms with Gasteiger partial charge in [0.15, 0.2) is 0 Å². The molecule has 0 fully saturated rings. The number of hydrogen-bond donors (Lipinski definition) is 0. The number of rotatable bonds is 4. The van der Waals surface area contributed by atoms with Crippen LogP contribution in [0, 0.1) is 0 Å². The van der Waals surface area contributed by atoms with E-state index in [2.05, 4.69) is 170 Å². The molecule has 0 saturated heterocycles. The Balaban J connectivity index is 1.23. The predicted molar refractivity (Wildman–Crippen MR) is 196 cm³/mol. The Kier molecular flexibility index (Phi) is 6.11. The van der Waals surface area contributed by atoms with Crippen LogP contribution in [0.15, 0.2) is 170 Å². The van der Waals surface area contributed by atoms with Gasteiger partial charge < -0.3 is 0 Å². The van der Waals surface area contributed by atoms with Crippen LogP contribution in [0.4, 0.5) is 0 Å². The quantitative estimate of drug-likeness (QED) is 0.179. The summed E-state index contributed by atoms with van der Waals surface area (Å²) in [7, 11) is 0. The minimum Gasteiger partial charge on any atom is -0.135 e. The molecular formula is C44H28S. The van der Waals surface area contributed by atoms with Crippen LogP contribution >= 0.6 is 11.3 Å². The van der Waals surface area contributed by atoms with Gasteiger partial charge in [0.1, 0.15) is 0 Å². The second kappa shape index (κ2) is 10.6. The Morgan fingerprint density at radius 1 is 0.289 bits per heavy atom. The molecular weight excluding hydrogens is 561 g/mol. The van der Waals surface area contributed by atoms with E-state index in [1.165, 1.54) is 86.2 Å². The molecule has 0 bridgehead atoms. The topological polar surface area (TPSA) is 0 Å². The van der Waals surface area contributed by atoms with Gasteiger partial charge in [0.25, 0.3) is 0 Å². The fourth-order valence-corrected chi connectivity index (χ4v) is 8.02. The van der Waals surface area contributed by atoms with Crippen molar-refractivity contribution in [3.05, 3.63) is 170 Å². The van der Waals surface area contributed by atoms with E-state index in [1.54, 1.807) is 0 Å². The molecule has 0 atom stereocenters. The molecule has 0 aliphatic rings. The van der Waals surface area contributed by atoms with Crippen LogP contribution in [0.5, 0.6) is 0 Å². The minimum absolute atomic E-state index is 1.23. The summed E-state index contributed by atoms with van der Waals surface area (Å²) >= 11 is 1.89. The average Bonchev–Trinajstić information content (AvgIpc) is 3.50. The van der Waals surface area contributed by atoms with Crippen molar-refractivity contribution in [1.29, 1.82) is 0 Å². The van der Waals surface area contributed by atoms with Gasteiger partial charge in [0, 0.05) is 25.7 Å². The normalized spacial score (nSPS) is 11.6. The fraction of sp³-hybridized carbons (Fsp3) is 0. The molecule has 0 saturated carbocycles. The molecule has 8 aromatic carbocycles. The van der Waals surface area contributed by atoms with E-state index < -0.39 is 0 Å². The van der Waals surface area contributed by atoms with Gasteiger partial charge in [-0.05, 0) is 90.8 Å². The standard InChI is InChI=1S/C44H28S/c1-3-11-29(12-4-1)33-23-24-43-41(25-33)42-28-35(30-13-5-2-6-14-30)27-40(44(42)45-43)32-21-19-31(20-22-32)39-26-34-15-7-8-16-36(34)37-17-9-10-18-38(37)39/h1-28H. The molecule has 0 aliphatic carbocycles. The molecule has 0 amide bonds. The zero-order valence-electron chi connectivity index (χ0n) is 24.6. The molecule has 0 aliphatic heterocycles. The summed E-state index contributed by atoms with van der Waals surface area (Å²) in [5.41, 5.74) is 10.0. The van der Waals surface area contributed by atoms with E-state index in [-0.39, 0.29) is 0 Å². The highest BCUT2D eigenvalue weighted by atomic mass is 32.1. The van der Waals surface area contributed by atoms with Crippen molar-refractivity contribution in [1.82, 2.24) is 0 Å². The van der Waals surface area contributed by atoms with Crippen molar-refractivity contribution in [2.24, 2.45) is 0 Å². The summed E-state index contributed by atoms with van der Waals surface area (Å²) in [5.74, 6) is 0. The Labute approximate surface area is 266 Å². The van der Waals surface area contributed by atoms with Crippen molar-refractivity contribution in [3.63, 3.8) is 0 Å². The van der Waals surface area contributed by atoms with E-state index in [9.17, 15) is 0 Å². The average molecular weight is 589 g/mol. The smallest absolute Gasteiger partial charge is 0.0434 e. The van der Waals surface area contributed by atoms with Crippen molar-refractivity contribution in [2.75, 3.05) is 0 Å². The number of benzene rings is 8. The van der Waals surface area contributed by atoms with E-state index in [0.29, 0.717) is 0 Å². The predicted octanol–water partition coefficient (Wildman–Crippen LogP) is 13.0. The second-order valence-electron chi connectivity index (χ2n) is 11.7. The lowest BCUT2D eigenvalue weighted by molar-refractivity contribution is 1.62.